The summed E-state index contributed by atoms with van der Waals surface area (Å²) in [4.78, 5) is 8.75. The number of rotatable bonds is 4. The van der Waals surface area contributed by atoms with Crippen LogP contribution >= 0.6 is 11.3 Å². The predicted molar refractivity (Wildman–Crippen MR) is 70.4 cm³/mol. The van der Waals surface area contributed by atoms with Crippen LogP contribution in [0.1, 0.15) is 18.4 Å². The maximum atomic E-state index is 5.21. The molecule has 0 amide bonds. The van der Waals surface area contributed by atoms with Crippen molar-refractivity contribution in [1.82, 2.24) is 25.3 Å². The first-order valence-corrected chi connectivity index (χ1v) is 6.81. The fourth-order valence-electron chi connectivity index (χ4n) is 1.59. The molecule has 7 heteroatoms. The first kappa shape index (κ1) is 11.9. The zero-order chi connectivity index (χ0) is 13.1. The summed E-state index contributed by atoms with van der Waals surface area (Å²) in [6.07, 6.45) is 3.64. The van der Waals surface area contributed by atoms with Crippen LogP contribution in [-0.4, -0.2) is 25.3 Å². The number of hydrogen-bond acceptors (Lipinski definition) is 7. The fourth-order valence-corrected chi connectivity index (χ4v) is 2.46. The number of thiazole rings is 1. The maximum absolute atomic E-state index is 5.21. The molecule has 0 aromatic carbocycles. The topological polar surface area (TPSA) is 77.6 Å². The normalized spacial score (nSPS) is 10.8. The van der Waals surface area contributed by atoms with Gasteiger partial charge in [0.2, 0.25) is 5.82 Å². The summed E-state index contributed by atoms with van der Waals surface area (Å²) >= 11 is 1.61. The van der Waals surface area contributed by atoms with Gasteiger partial charge in [0.25, 0.3) is 5.89 Å². The van der Waals surface area contributed by atoms with Gasteiger partial charge in [0.1, 0.15) is 11.4 Å². The Hall–Kier alpha value is -2.15. The van der Waals surface area contributed by atoms with Crippen LogP contribution < -0.4 is 0 Å². The van der Waals surface area contributed by atoms with E-state index < -0.39 is 0 Å². The second kappa shape index (κ2) is 5.23. The molecule has 0 saturated heterocycles. The van der Waals surface area contributed by atoms with Crippen LogP contribution in [0.15, 0.2) is 28.2 Å². The Labute approximate surface area is 113 Å². The molecule has 3 aromatic heterocycles. The van der Waals surface area contributed by atoms with Gasteiger partial charge in [-0.25, -0.2) is 4.98 Å². The average molecular weight is 273 g/mol. The van der Waals surface area contributed by atoms with E-state index in [9.17, 15) is 0 Å². The Morgan fingerprint density at radius 2 is 2.21 bits per heavy atom. The van der Waals surface area contributed by atoms with Gasteiger partial charge >= 0.3 is 0 Å². The highest BCUT2D eigenvalue weighted by atomic mass is 32.1. The Balaban J connectivity index is 1.88. The van der Waals surface area contributed by atoms with Crippen molar-refractivity contribution in [3.8, 4) is 23.1 Å². The minimum absolute atomic E-state index is 0.416. The first-order valence-electron chi connectivity index (χ1n) is 5.93. The molecule has 96 valence electrons. The standard InChI is InChI=1S/C12H11N5OS/c1-2-4-10-14-9(7-19-10)12-15-11(17-18-12)8-5-3-6-13-16-8/h3,5-7H,2,4H2,1H3. The molecular weight excluding hydrogens is 262 g/mol. The van der Waals surface area contributed by atoms with Crippen molar-refractivity contribution in [2.45, 2.75) is 19.8 Å². The van der Waals surface area contributed by atoms with E-state index in [1.807, 2.05) is 5.38 Å². The van der Waals surface area contributed by atoms with Crippen molar-refractivity contribution < 1.29 is 4.52 Å². The molecule has 0 aliphatic heterocycles. The monoisotopic (exact) mass is 273 g/mol. The van der Waals surface area contributed by atoms with Crippen LogP contribution in [0.2, 0.25) is 0 Å². The third kappa shape index (κ3) is 2.50. The van der Waals surface area contributed by atoms with E-state index >= 15 is 0 Å². The molecule has 0 N–H and O–H groups in total. The van der Waals surface area contributed by atoms with E-state index in [-0.39, 0.29) is 0 Å². The Bertz CT molecular complexity index is 664. The average Bonchev–Trinajstić information content (AvgIpc) is 3.08. The lowest BCUT2D eigenvalue weighted by molar-refractivity contribution is 0.431. The fraction of sp³-hybridized carbons (Fsp3) is 0.250. The number of aromatic nitrogens is 5. The summed E-state index contributed by atoms with van der Waals surface area (Å²) in [5.41, 5.74) is 1.30. The van der Waals surface area contributed by atoms with Gasteiger partial charge in [-0.05, 0) is 25.0 Å². The molecule has 0 radical (unpaired) electrons. The minimum Gasteiger partial charge on any atom is -0.332 e. The molecule has 0 bridgehead atoms. The highest BCUT2D eigenvalue weighted by Gasteiger charge is 2.14. The van der Waals surface area contributed by atoms with E-state index in [4.69, 9.17) is 4.52 Å². The van der Waals surface area contributed by atoms with Gasteiger partial charge in [0.05, 0.1) is 5.01 Å². The largest absolute Gasteiger partial charge is 0.332 e. The lowest BCUT2D eigenvalue weighted by atomic mass is 10.3. The molecule has 6 nitrogen and oxygen atoms in total. The van der Waals surface area contributed by atoms with Crippen molar-refractivity contribution in [1.29, 1.82) is 0 Å². The Kier molecular flexibility index (Phi) is 3.28. The number of nitrogens with zero attached hydrogens (tertiary/aromatic N) is 5. The molecular formula is C12H11N5OS. The molecule has 19 heavy (non-hydrogen) atoms. The van der Waals surface area contributed by atoms with Gasteiger partial charge in [-0.3, -0.25) is 0 Å². The van der Waals surface area contributed by atoms with Crippen molar-refractivity contribution in [3.63, 3.8) is 0 Å². The highest BCUT2D eigenvalue weighted by Crippen LogP contribution is 2.23. The van der Waals surface area contributed by atoms with Gasteiger partial charge in [-0.2, -0.15) is 10.1 Å². The van der Waals surface area contributed by atoms with E-state index in [2.05, 4.69) is 32.2 Å². The Morgan fingerprint density at radius 3 is 3.00 bits per heavy atom. The summed E-state index contributed by atoms with van der Waals surface area (Å²) in [6, 6.07) is 3.56. The second-order valence-corrected chi connectivity index (χ2v) is 4.85. The lowest BCUT2D eigenvalue weighted by Gasteiger charge is -1.88. The molecule has 0 saturated carbocycles. The summed E-state index contributed by atoms with van der Waals surface area (Å²) in [5, 5.41) is 14.6. The molecule has 3 heterocycles. The van der Waals surface area contributed by atoms with Crippen molar-refractivity contribution in [3.05, 3.63) is 28.7 Å². The van der Waals surface area contributed by atoms with Crippen molar-refractivity contribution in [2.75, 3.05) is 0 Å². The van der Waals surface area contributed by atoms with Crippen molar-refractivity contribution >= 4 is 11.3 Å². The van der Waals surface area contributed by atoms with Crippen molar-refractivity contribution in [2.24, 2.45) is 0 Å². The second-order valence-electron chi connectivity index (χ2n) is 3.91. The SMILES string of the molecule is CCCc1nc(-c2nc(-c3cccnn3)no2)cs1. The molecule has 3 aromatic rings. The van der Waals surface area contributed by atoms with E-state index in [0.717, 1.165) is 23.5 Å². The summed E-state index contributed by atoms with van der Waals surface area (Å²) in [6.45, 7) is 2.12. The highest BCUT2D eigenvalue weighted by molar-refractivity contribution is 7.09. The predicted octanol–water partition coefficient (Wildman–Crippen LogP) is 2.60. The van der Waals surface area contributed by atoms with Crippen LogP contribution in [0.5, 0.6) is 0 Å². The summed E-state index contributed by atoms with van der Waals surface area (Å²) in [7, 11) is 0. The molecule has 0 aliphatic carbocycles. The quantitative estimate of drug-likeness (QED) is 0.727. The maximum Gasteiger partial charge on any atom is 0.277 e. The number of aryl methyl sites for hydroxylation is 1. The van der Waals surface area contributed by atoms with E-state index in [1.54, 1.807) is 29.7 Å². The Morgan fingerprint density at radius 1 is 1.26 bits per heavy atom. The van der Waals surface area contributed by atoms with Gasteiger partial charge in [-0.1, -0.05) is 12.1 Å². The van der Waals surface area contributed by atoms with E-state index in [1.165, 1.54) is 0 Å². The lowest BCUT2D eigenvalue weighted by Crippen LogP contribution is -1.87. The smallest absolute Gasteiger partial charge is 0.277 e. The zero-order valence-electron chi connectivity index (χ0n) is 10.3. The molecule has 3 rings (SSSR count). The molecule has 0 spiro atoms. The van der Waals surface area contributed by atoms with Gasteiger partial charge in [-0.15, -0.1) is 16.4 Å². The molecule has 0 atom stereocenters. The van der Waals surface area contributed by atoms with Gasteiger partial charge < -0.3 is 4.52 Å². The third-order valence-electron chi connectivity index (χ3n) is 2.46. The third-order valence-corrected chi connectivity index (χ3v) is 3.37. The van der Waals surface area contributed by atoms with Gasteiger partial charge in [0, 0.05) is 11.6 Å². The summed E-state index contributed by atoms with van der Waals surface area (Å²) in [5.74, 6) is 0.840. The van der Waals surface area contributed by atoms with Crippen LogP contribution in [0.3, 0.4) is 0 Å². The zero-order valence-corrected chi connectivity index (χ0v) is 11.1. The molecule has 0 aliphatic rings. The minimum atomic E-state index is 0.416. The first-order chi connectivity index (χ1) is 9.36. The van der Waals surface area contributed by atoms with Gasteiger partial charge in [0.15, 0.2) is 0 Å². The van der Waals surface area contributed by atoms with Crippen LogP contribution in [0.25, 0.3) is 23.1 Å². The summed E-state index contributed by atoms with van der Waals surface area (Å²) < 4.78 is 5.21. The van der Waals surface area contributed by atoms with Crippen LogP contribution in [-0.2, 0) is 6.42 Å². The number of hydrogen-bond donors (Lipinski definition) is 0. The van der Waals surface area contributed by atoms with E-state index in [0.29, 0.717) is 17.4 Å². The molecule has 0 unspecified atom stereocenters. The van der Waals surface area contributed by atoms with Crippen LogP contribution in [0.4, 0.5) is 0 Å². The molecule has 0 fully saturated rings. The van der Waals surface area contributed by atoms with Crippen LogP contribution in [0, 0.1) is 0 Å².